The Morgan fingerprint density at radius 3 is 2.55 bits per heavy atom. The van der Waals surface area contributed by atoms with Crippen molar-refractivity contribution in [3.8, 4) is 11.3 Å². The number of benzene rings is 1. The van der Waals surface area contributed by atoms with E-state index in [0.717, 1.165) is 17.5 Å². The third-order valence-corrected chi connectivity index (χ3v) is 9.21. The van der Waals surface area contributed by atoms with Crippen LogP contribution in [-0.2, 0) is 26.2 Å². The Morgan fingerprint density at radius 1 is 1.16 bits per heavy atom. The van der Waals surface area contributed by atoms with Crippen molar-refractivity contribution in [3.05, 3.63) is 83.1 Å². The summed E-state index contributed by atoms with van der Waals surface area (Å²) in [5.41, 5.74) is 8.86. The second kappa shape index (κ2) is 11.8. The van der Waals surface area contributed by atoms with E-state index in [2.05, 4.69) is 22.0 Å². The first-order valence-electron chi connectivity index (χ1n) is 14.6. The largest absolute Gasteiger partial charge is 0.453 e. The molecular formula is C32H36F2N6O4. The van der Waals surface area contributed by atoms with Gasteiger partial charge in [0, 0.05) is 39.0 Å². The Morgan fingerprint density at radius 2 is 1.91 bits per heavy atom. The fourth-order valence-electron chi connectivity index (χ4n) is 6.88. The van der Waals surface area contributed by atoms with Gasteiger partial charge in [-0.1, -0.05) is 6.92 Å². The summed E-state index contributed by atoms with van der Waals surface area (Å²) in [6.07, 6.45) is 6.77. The van der Waals surface area contributed by atoms with Crippen LogP contribution in [0.1, 0.15) is 48.2 Å². The molecule has 2 aliphatic rings. The number of aromatic nitrogens is 4. The van der Waals surface area contributed by atoms with Gasteiger partial charge < -0.3 is 24.8 Å². The van der Waals surface area contributed by atoms with Crippen LogP contribution >= 0.6 is 0 Å². The van der Waals surface area contributed by atoms with E-state index < -0.39 is 23.3 Å². The summed E-state index contributed by atoms with van der Waals surface area (Å²) in [6.45, 7) is 2.57. The third-order valence-electron chi connectivity index (χ3n) is 9.21. The van der Waals surface area contributed by atoms with E-state index in [1.165, 1.54) is 26.4 Å². The topological polar surface area (TPSA) is 117 Å². The summed E-state index contributed by atoms with van der Waals surface area (Å²) in [5.74, 6) is -0.573. The average molecular weight is 607 g/mol. The molecule has 1 aliphatic carbocycles. The van der Waals surface area contributed by atoms with Gasteiger partial charge in [0.15, 0.2) is 0 Å². The predicted molar refractivity (Wildman–Crippen MR) is 158 cm³/mol. The van der Waals surface area contributed by atoms with Gasteiger partial charge in [0.05, 0.1) is 49.3 Å². The number of carbonyl (C=O) groups excluding carboxylic acids is 1. The summed E-state index contributed by atoms with van der Waals surface area (Å²) < 4.78 is 48.1. The summed E-state index contributed by atoms with van der Waals surface area (Å²) in [4.78, 5) is 22.8. The van der Waals surface area contributed by atoms with Gasteiger partial charge in [-0.25, -0.2) is 23.1 Å². The number of rotatable bonds is 7. The Bertz CT molecular complexity index is 1650. The van der Waals surface area contributed by atoms with Crippen molar-refractivity contribution in [1.29, 1.82) is 0 Å². The monoisotopic (exact) mass is 606 g/mol. The van der Waals surface area contributed by atoms with Gasteiger partial charge >= 0.3 is 6.09 Å². The Kier molecular flexibility index (Phi) is 8.08. The first-order chi connectivity index (χ1) is 21.2. The number of imidazole rings is 1. The maximum atomic E-state index is 15.4. The van der Waals surface area contributed by atoms with Gasteiger partial charge in [-0.15, -0.1) is 0 Å². The van der Waals surface area contributed by atoms with E-state index in [9.17, 15) is 4.79 Å². The molecule has 1 aromatic carbocycles. The lowest BCUT2D eigenvalue weighted by Gasteiger charge is -2.43. The molecule has 0 radical (unpaired) electrons. The lowest BCUT2D eigenvalue weighted by Crippen LogP contribution is -2.55. The van der Waals surface area contributed by atoms with Crippen molar-refractivity contribution in [2.75, 3.05) is 34.5 Å². The third kappa shape index (κ3) is 5.20. The van der Waals surface area contributed by atoms with Crippen LogP contribution in [-0.4, -0.2) is 77.1 Å². The molecule has 12 heteroatoms. The fourth-order valence-corrected chi connectivity index (χ4v) is 6.88. The number of likely N-dealkylation sites (N-methyl/N-ethyl adjacent to an activating group) is 1. The van der Waals surface area contributed by atoms with Crippen molar-refractivity contribution >= 4 is 11.6 Å². The predicted octanol–water partition coefficient (Wildman–Crippen LogP) is 4.44. The Labute approximate surface area is 254 Å². The van der Waals surface area contributed by atoms with E-state index in [-0.39, 0.29) is 48.4 Å². The first-order valence-corrected chi connectivity index (χ1v) is 14.6. The van der Waals surface area contributed by atoms with E-state index in [1.54, 1.807) is 41.0 Å². The van der Waals surface area contributed by atoms with Crippen molar-refractivity contribution in [1.82, 2.24) is 24.5 Å². The maximum Gasteiger partial charge on any atom is 0.409 e. The van der Waals surface area contributed by atoms with Gasteiger partial charge in [0.2, 0.25) is 0 Å². The van der Waals surface area contributed by atoms with Crippen LogP contribution in [0.25, 0.3) is 16.8 Å². The highest BCUT2D eigenvalue weighted by atomic mass is 19.1. The van der Waals surface area contributed by atoms with Crippen molar-refractivity contribution in [3.63, 3.8) is 0 Å². The van der Waals surface area contributed by atoms with Gasteiger partial charge in [0.1, 0.15) is 23.1 Å². The van der Waals surface area contributed by atoms with Crippen molar-refractivity contribution in [2.24, 2.45) is 11.7 Å². The number of nitrogens with two attached hydrogens (primary N) is 1. The molecule has 1 saturated carbocycles. The quantitative estimate of drug-likeness (QED) is 0.328. The molecule has 4 atom stereocenters. The van der Waals surface area contributed by atoms with Crippen LogP contribution in [0.2, 0.25) is 0 Å². The SMILES string of the molecule is COC(=O)N(C)[C@@H]1[C@H](N)C[C@H](c2ccncc2Cc2ncc3ccc(-c4c(F)cc(C5(OC)COC5)cc4F)nn23)C[C@@H]1C. The van der Waals surface area contributed by atoms with Gasteiger partial charge in [-0.3, -0.25) is 4.98 Å². The average Bonchev–Trinajstić information content (AvgIpc) is 3.37. The van der Waals surface area contributed by atoms with E-state index in [4.69, 9.17) is 19.9 Å². The van der Waals surface area contributed by atoms with Crippen molar-refractivity contribution in [2.45, 2.75) is 49.8 Å². The highest BCUT2D eigenvalue weighted by molar-refractivity contribution is 5.67. The molecule has 1 aliphatic heterocycles. The smallest absolute Gasteiger partial charge is 0.409 e. The number of fused-ring (bicyclic) bond motifs is 1. The number of amides is 1. The number of halogens is 2. The lowest BCUT2D eigenvalue weighted by atomic mass is 9.72. The molecule has 1 saturated heterocycles. The summed E-state index contributed by atoms with van der Waals surface area (Å²) in [5, 5.41) is 4.62. The summed E-state index contributed by atoms with van der Waals surface area (Å²) in [6, 6.07) is 7.53. The molecule has 2 fully saturated rings. The molecule has 4 aromatic rings. The summed E-state index contributed by atoms with van der Waals surface area (Å²) >= 11 is 0. The number of hydrogen-bond acceptors (Lipinski definition) is 8. The molecule has 232 valence electrons. The van der Waals surface area contributed by atoms with Crippen LogP contribution in [0.15, 0.2) is 48.9 Å². The maximum absolute atomic E-state index is 15.4. The molecule has 0 unspecified atom stereocenters. The second-order valence-electron chi connectivity index (χ2n) is 11.9. The second-order valence-corrected chi connectivity index (χ2v) is 11.9. The molecule has 0 bridgehead atoms. The summed E-state index contributed by atoms with van der Waals surface area (Å²) in [7, 11) is 4.59. The zero-order valence-electron chi connectivity index (χ0n) is 25.2. The standard InChI is InChI=1S/C32H36F2N6O4/c1-18-9-19(10-26(35)30(18)39(2)31(41)42-3)23-7-8-36-14-20(23)11-28-37-15-22-5-6-27(38-40(22)28)29-24(33)12-21(13-25(29)34)32(43-4)16-44-17-32/h5-8,12-15,18-19,26,30H,9-11,16-17,35H2,1-4H3/t18-,19+,26+,30-/m0/s1. The molecule has 3 aromatic heterocycles. The number of hydrogen-bond donors (Lipinski definition) is 1. The number of methoxy groups -OCH3 is 2. The highest BCUT2D eigenvalue weighted by Crippen LogP contribution is 2.40. The molecule has 0 spiro atoms. The Balaban J connectivity index is 1.28. The zero-order chi connectivity index (χ0) is 31.2. The molecular weight excluding hydrogens is 570 g/mol. The van der Waals surface area contributed by atoms with Crippen LogP contribution in [0, 0.1) is 17.6 Å². The minimum atomic E-state index is -0.852. The first kappa shape index (κ1) is 30.0. The van der Waals surface area contributed by atoms with E-state index >= 15 is 8.78 Å². The van der Waals surface area contributed by atoms with E-state index in [0.29, 0.717) is 29.7 Å². The molecule has 10 nitrogen and oxygen atoms in total. The van der Waals surface area contributed by atoms with Gasteiger partial charge in [-0.2, -0.15) is 5.10 Å². The molecule has 44 heavy (non-hydrogen) atoms. The van der Waals surface area contributed by atoms with Crippen LogP contribution in [0.3, 0.4) is 0 Å². The zero-order valence-corrected chi connectivity index (χ0v) is 25.2. The molecule has 4 heterocycles. The number of pyridine rings is 1. The van der Waals surface area contributed by atoms with Crippen LogP contribution < -0.4 is 5.73 Å². The fraction of sp³-hybridized carbons (Fsp3) is 0.438. The van der Waals surface area contributed by atoms with Crippen molar-refractivity contribution < 1.29 is 27.8 Å². The van der Waals surface area contributed by atoms with Crippen LogP contribution in [0.4, 0.5) is 13.6 Å². The van der Waals surface area contributed by atoms with Crippen LogP contribution in [0.5, 0.6) is 0 Å². The number of nitrogens with zero attached hydrogens (tertiary/aromatic N) is 5. The normalized spacial score (nSPS) is 22.9. The Hall–Kier alpha value is -4.00. The minimum Gasteiger partial charge on any atom is -0.453 e. The molecule has 6 rings (SSSR count). The number of carbonyl (C=O) groups is 1. The van der Waals surface area contributed by atoms with Gasteiger partial charge in [-0.05, 0) is 71.7 Å². The van der Waals surface area contributed by atoms with E-state index in [1.807, 2.05) is 12.3 Å². The highest BCUT2D eigenvalue weighted by Gasteiger charge is 2.42. The molecule has 2 N–H and O–H groups in total. The minimum absolute atomic E-state index is 0.136. The number of ether oxygens (including phenoxy) is 3. The lowest BCUT2D eigenvalue weighted by molar-refractivity contribution is -0.202. The molecule has 1 amide bonds. The van der Waals surface area contributed by atoms with Gasteiger partial charge in [0.25, 0.3) is 0 Å².